The van der Waals surface area contributed by atoms with Gasteiger partial charge in [0.25, 0.3) is 0 Å². The maximum absolute atomic E-state index is 5.34. The van der Waals surface area contributed by atoms with E-state index in [1.165, 1.54) is 5.39 Å². The highest BCUT2D eigenvalue weighted by Gasteiger charge is 2.20. The van der Waals surface area contributed by atoms with Gasteiger partial charge in [0.05, 0.1) is 33.6 Å². The van der Waals surface area contributed by atoms with E-state index in [1.54, 1.807) is 0 Å². The molecule has 63 heavy (non-hydrogen) atoms. The van der Waals surface area contributed by atoms with Crippen LogP contribution in [0.2, 0.25) is 0 Å². The molecule has 0 aliphatic carbocycles. The second-order valence-corrected chi connectivity index (χ2v) is 16.1. The molecule has 9 aromatic carbocycles. The summed E-state index contributed by atoms with van der Waals surface area (Å²) in [5.41, 5.74) is 13.2. The van der Waals surface area contributed by atoms with Gasteiger partial charge in [0.1, 0.15) is 5.82 Å². The lowest BCUT2D eigenvalue weighted by molar-refractivity contribution is 0.908. The second-order valence-electron chi connectivity index (χ2n) is 16.1. The molecule has 0 aliphatic heterocycles. The fourth-order valence-corrected chi connectivity index (χ4v) is 9.32. The van der Waals surface area contributed by atoms with Crippen LogP contribution in [-0.2, 0) is 6.42 Å². The molecular weight excluding hydrogens is 767 g/mol. The molecule has 5 nitrogen and oxygen atoms in total. The molecule has 12 aromatic rings. The van der Waals surface area contributed by atoms with Crippen molar-refractivity contribution >= 4 is 54.3 Å². The average Bonchev–Trinajstić information content (AvgIpc) is 3.75. The molecule has 0 unspecified atom stereocenters. The van der Waals surface area contributed by atoms with Gasteiger partial charge in [-0.25, -0.2) is 19.9 Å². The smallest absolute Gasteiger partial charge is 0.161 e. The molecule has 0 aliphatic rings. The number of fused-ring (bicyclic) bond motifs is 7. The van der Waals surface area contributed by atoms with Crippen molar-refractivity contribution in [3.8, 4) is 62.0 Å². The van der Waals surface area contributed by atoms with Gasteiger partial charge in [-0.1, -0.05) is 183 Å². The molecule has 5 heteroatoms. The fourth-order valence-electron chi connectivity index (χ4n) is 9.32. The molecule has 3 heterocycles. The summed E-state index contributed by atoms with van der Waals surface area (Å²) in [6.45, 7) is 2.17. The first-order chi connectivity index (χ1) is 31.2. The number of benzene rings is 9. The average molecular weight is 806 g/mol. The van der Waals surface area contributed by atoms with E-state index in [1.807, 2.05) is 0 Å². The first-order valence-corrected chi connectivity index (χ1v) is 21.5. The standard InChI is InChI=1S/C58H39N5/c1-2-54-62-57-53(63(54)43-18-4-3-5-19-43)35-34-48-47-22-10-11-25-50(47)59-56(55(48)57)42-32-28-38(29-33-42)37-26-30-41(31-27-37)51-36-52(46-23-12-16-39-14-6-8-20-44(39)46)61-58(60-51)49-24-13-17-40-15-7-9-21-45(40)49/h3-36H,2H2,1H3. The van der Waals surface area contributed by atoms with Crippen LogP contribution in [0.4, 0.5) is 0 Å². The third kappa shape index (κ3) is 6.24. The zero-order valence-electron chi connectivity index (χ0n) is 34.6. The van der Waals surface area contributed by atoms with Gasteiger partial charge in [-0.05, 0) is 68.4 Å². The van der Waals surface area contributed by atoms with Gasteiger partial charge in [0, 0.05) is 45.1 Å². The zero-order chi connectivity index (χ0) is 41.9. The lowest BCUT2D eigenvalue weighted by Crippen LogP contribution is -1.99. The van der Waals surface area contributed by atoms with Crippen LogP contribution in [0.1, 0.15) is 12.7 Å². The largest absolute Gasteiger partial charge is 0.296 e. The van der Waals surface area contributed by atoms with Crippen molar-refractivity contribution in [3.63, 3.8) is 0 Å². The lowest BCUT2D eigenvalue weighted by atomic mass is 9.96. The van der Waals surface area contributed by atoms with E-state index in [4.69, 9.17) is 19.9 Å². The molecule has 0 radical (unpaired) electrons. The first-order valence-electron chi connectivity index (χ1n) is 21.5. The van der Waals surface area contributed by atoms with Crippen LogP contribution in [0.3, 0.4) is 0 Å². The summed E-state index contributed by atoms with van der Waals surface area (Å²) in [4.78, 5) is 21.2. The first kappa shape index (κ1) is 36.6. The van der Waals surface area contributed by atoms with Gasteiger partial charge in [0.15, 0.2) is 5.82 Å². The molecule has 0 amide bonds. The predicted molar refractivity (Wildman–Crippen MR) is 261 cm³/mol. The van der Waals surface area contributed by atoms with E-state index >= 15 is 0 Å². The maximum Gasteiger partial charge on any atom is 0.161 e. The Morgan fingerprint density at radius 2 is 0.984 bits per heavy atom. The summed E-state index contributed by atoms with van der Waals surface area (Å²) >= 11 is 0. The van der Waals surface area contributed by atoms with Crippen molar-refractivity contribution in [1.29, 1.82) is 0 Å². The minimum absolute atomic E-state index is 0.705. The van der Waals surface area contributed by atoms with Crippen LogP contribution in [0.25, 0.3) is 116 Å². The van der Waals surface area contributed by atoms with Crippen LogP contribution < -0.4 is 0 Å². The van der Waals surface area contributed by atoms with Crippen LogP contribution in [0.15, 0.2) is 206 Å². The summed E-state index contributed by atoms with van der Waals surface area (Å²) < 4.78 is 2.29. The Kier molecular flexibility index (Phi) is 8.71. The van der Waals surface area contributed by atoms with Crippen molar-refractivity contribution < 1.29 is 0 Å². The highest BCUT2D eigenvalue weighted by molar-refractivity contribution is 6.20. The van der Waals surface area contributed by atoms with E-state index < -0.39 is 0 Å². The third-order valence-electron chi connectivity index (χ3n) is 12.4. The number of hydrogen-bond acceptors (Lipinski definition) is 4. The normalized spacial score (nSPS) is 11.6. The number of nitrogens with zero attached hydrogens (tertiary/aromatic N) is 5. The van der Waals surface area contributed by atoms with E-state index in [-0.39, 0.29) is 0 Å². The quantitative estimate of drug-likeness (QED) is 0.151. The van der Waals surface area contributed by atoms with E-state index in [2.05, 4.69) is 218 Å². The van der Waals surface area contributed by atoms with Crippen molar-refractivity contribution in [2.24, 2.45) is 0 Å². The molecule has 0 saturated carbocycles. The monoisotopic (exact) mass is 805 g/mol. The van der Waals surface area contributed by atoms with E-state index in [0.29, 0.717) is 5.82 Å². The van der Waals surface area contributed by atoms with Crippen LogP contribution in [0.5, 0.6) is 0 Å². The molecule has 0 bridgehead atoms. The summed E-state index contributed by atoms with van der Waals surface area (Å²) in [5.74, 6) is 1.73. The molecule has 0 spiro atoms. The van der Waals surface area contributed by atoms with Crippen LogP contribution in [-0.4, -0.2) is 24.5 Å². The highest BCUT2D eigenvalue weighted by atomic mass is 15.1. The third-order valence-corrected chi connectivity index (χ3v) is 12.4. The topological polar surface area (TPSA) is 56.5 Å². The predicted octanol–water partition coefficient (Wildman–Crippen LogP) is 14.7. The molecule has 0 N–H and O–H groups in total. The number of rotatable bonds is 7. The SMILES string of the molecule is CCc1nc2c3c(-c4ccc(-c5ccc(-c6cc(-c7cccc8ccccc78)nc(-c7cccc8ccccc78)n6)cc5)cc4)nc4ccccc4c3ccc2n1-c1ccccc1. The number of hydrogen-bond donors (Lipinski definition) is 0. The molecular formula is C58H39N5. The van der Waals surface area contributed by atoms with Crippen LogP contribution >= 0.6 is 0 Å². The number of imidazole rings is 1. The Balaban J connectivity index is 0.950. The highest BCUT2D eigenvalue weighted by Crippen LogP contribution is 2.40. The van der Waals surface area contributed by atoms with Crippen molar-refractivity contribution in [2.45, 2.75) is 13.3 Å². The molecule has 12 rings (SSSR count). The molecule has 0 atom stereocenters. The van der Waals surface area contributed by atoms with E-state index in [0.717, 1.165) is 117 Å². The van der Waals surface area contributed by atoms with Crippen LogP contribution in [0, 0.1) is 0 Å². The fraction of sp³-hybridized carbons (Fsp3) is 0.0345. The number of para-hydroxylation sites is 2. The van der Waals surface area contributed by atoms with Gasteiger partial charge >= 0.3 is 0 Å². The Labute approximate surface area is 364 Å². The maximum atomic E-state index is 5.34. The number of aryl methyl sites for hydroxylation is 1. The van der Waals surface area contributed by atoms with Crippen molar-refractivity contribution in [3.05, 3.63) is 212 Å². The second kappa shape index (κ2) is 15.0. The Hall–Kier alpha value is -8.28. The lowest BCUT2D eigenvalue weighted by Gasteiger charge is -2.13. The van der Waals surface area contributed by atoms with Gasteiger partial charge < -0.3 is 0 Å². The summed E-state index contributed by atoms with van der Waals surface area (Å²) in [5, 5.41) is 7.98. The minimum Gasteiger partial charge on any atom is -0.296 e. The Morgan fingerprint density at radius 3 is 1.70 bits per heavy atom. The molecule has 3 aromatic heterocycles. The Bertz CT molecular complexity index is 3590. The minimum atomic E-state index is 0.705. The van der Waals surface area contributed by atoms with Gasteiger partial charge in [0.2, 0.25) is 0 Å². The number of pyridine rings is 1. The van der Waals surface area contributed by atoms with Crippen molar-refractivity contribution in [2.75, 3.05) is 0 Å². The summed E-state index contributed by atoms with van der Waals surface area (Å²) in [6, 6.07) is 72.8. The zero-order valence-corrected chi connectivity index (χ0v) is 34.6. The van der Waals surface area contributed by atoms with Gasteiger partial charge in [-0.15, -0.1) is 0 Å². The van der Waals surface area contributed by atoms with Gasteiger partial charge in [-0.2, -0.15) is 0 Å². The van der Waals surface area contributed by atoms with Crippen molar-refractivity contribution in [1.82, 2.24) is 24.5 Å². The molecule has 0 fully saturated rings. The van der Waals surface area contributed by atoms with Gasteiger partial charge in [-0.3, -0.25) is 4.57 Å². The number of aromatic nitrogens is 5. The summed E-state index contributed by atoms with van der Waals surface area (Å²) in [6.07, 6.45) is 0.808. The molecule has 0 saturated heterocycles. The summed E-state index contributed by atoms with van der Waals surface area (Å²) in [7, 11) is 0. The molecule has 296 valence electrons. The Morgan fingerprint density at radius 1 is 0.413 bits per heavy atom. The van der Waals surface area contributed by atoms with E-state index in [9.17, 15) is 0 Å².